The molecule has 0 aliphatic carbocycles. The number of carbonyl (C=O) groups is 2. The summed E-state index contributed by atoms with van der Waals surface area (Å²) in [5.74, 6) is -2.12. The summed E-state index contributed by atoms with van der Waals surface area (Å²) < 4.78 is 4.96. The Kier molecular flexibility index (Phi) is 5.06. The van der Waals surface area contributed by atoms with E-state index in [0.717, 1.165) is 11.8 Å². The highest BCUT2D eigenvalue weighted by molar-refractivity contribution is 6.02. The summed E-state index contributed by atoms with van der Waals surface area (Å²) in [6.07, 6.45) is 0.250. The highest BCUT2D eigenvalue weighted by Crippen LogP contribution is 2.37. The average molecular weight is 346 g/mol. The van der Waals surface area contributed by atoms with E-state index in [4.69, 9.17) is 10.2 Å². The van der Waals surface area contributed by atoms with Gasteiger partial charge in [0.05, 0.1) is 11.8 Å². The number of nitrogens with two attached hydrogens (primary N) is 1. The average Bonchev–Trinajstić information content (AvgIpc) is 3.00. The van der Waals surface area contributed by atoms with Crippen LogP contribution in [0.5, 0.6) is 0 Å². The molecule has 0 atom stereocenters. The first-order valence-electron chi connectivity index (χ1n) is 7.44. The molecule has 1 aromatic carbocycles. The van der Waals surface area contributed by atoms with Crippen molar-refractivity contribution in [1.29, 1.82) is 0 Å². The van der Waals surface area contributed by atoms with Gasteiger partial charge in [-0.2, -0.15) is 0 Å². The van der Waals surface area contributed by atoms with Crippen LogP contribution in [0.15, 0.2) is 28.7 Å². The lowest BCUT2D eigenvalue weighted by Crippen LogP contribution is -2.14. The Hall–Kier alpha value is -3.36. The molecule has 0 aliphatic rings. The molecule has 2 aromatic rings. The number of nitro groups is 1. The third kappa shape index (κ3) is 3.77. The van der Waals surface area contributed by atoms with Crippen molar-refractivity contribution in [1.82, 2.24) is 0 Å². The van der Waals surface area contributed by atoms with E-state index in [1.165, 1.54) is 0 Å². The predicted octanol–water partition coefficient (Wildman–Crippen LogP) is 2.37. The Morgan fingerprint density at radius 1 is 1.28 bits per heavy atom. The molecular weight excluding hydrogens is 328 g/mol. The van der Waals surface area contributed by atoms with Gasteiger partial charge in [-0.05, 0) is 12.1 Å². The molecule has 2 amide bonds. The fraction of sp³-hybridized carbons (Fsp3) is 0.250. The zero-order valence-corrected chi connectivity index (χ0v) is 14.0. The number of anilines is 2. The van der Waals surface area contributed by atoms with E-state index in [-0.39, 0.29) is 23.7 Å². The summed E-state index contributed by atoms with van der Waals surface area (Å²) in [7, 11) is 3.66. The zero-order chi connectivity index (χ0) is 18.7. The van der Waals surface area contributed by atoms with Crippen LogP contribution in [0.4, 0.5) is 17.3 Å². The number of furan rings is 1. The molecule has 1 aromatic heterocycles. The summed E-state index contributed by atoms with van der Waals surface area (Å²) in [6, 6.07) is 6.21. The molecule has 0 aliphatic heterocycles. The lowest BCUT2D eigenvalue weighted by atomic mass is 10.0. The van der Waals surface area contributed by atoms with Crippen LogP contribution >= 0.6 is 0 Å². The van der Waals surface area contributed by atoms with Crippen LogP contribution in [0, 0.1) is 10.1 Å². The maximum atomic E-state index is 11.8. The van der Waals surface area contributed by atoms with Crippen molar-refractivity contribution in [3.8, 4) is 11.1 Å². The molecule has 0 saturated heterocycles. The van der Waals surface area contributed by atoms with Crippen LogP contribution in [-0.2, 0) is 4.79 Å². The van der Waals surface area contributed by atoms with Crippen LogP contribution in [0.2, 0.25) is 0 Å². The number of hydrogen-bond acceptors (Lipinski definition) is 6. The van der Waals surface area contributed by atoms with Gasteiger partial charge >= 0.3 is 5.88 Å². The van der Waals surface area contributed by atoms with Crippen molar-refractivity contribution in [2.24, 2.45) is 5.73 Å². The first kappa shape index (κ1) is 18.0. The summed E-state index contributed by atoms with van der Waals surface area (Å²) in [4.78, 5) is 35.5. The van der Waals surface area contributed by atoms with Gasteiger partial charge in [-0.1, -0.05) is 13.0 Å². The molecule has 0 radical (unpaired) electrons. The minimum atomic E-state index is -0.937. The van der Waals surface area contributed by atoms with E-state index in [1.807, 2.05) is 19.0 Å². The van der Waals surface area contributed by atoms with Crippen molar-refractivity contribution in [2.45, 2.75) is 13.3 Å². The predicted molar refractivity (Wildman–Crippen MR) is 92.6 cm³/mol. The van der Waals surface area contributed by atoms with Gasteiger partial charge in [0.25, 0.3) is 5.91 Å². The van der Waals surface area contributed by atoms with Crippen molar-refractivity contribution >= 4 is 29.1 Å². The van der Waals surface area contributed by atoms with Crippen molar-refractivity contribution in [2.75, 3.05) is 24.3 Å². The summed E-state index contributed by atoms with van der Waals surface area (Å²) in [6.45, 7) is 1.70. The highest BCUT2D eigenvalue weighted by Gasteiger charge is 2.25. The number of hydrogen-bond donors (Lipinski definition) is 2. The molecule has 9 nitrogen and oxygen atoms in total. The Labute approximate surface area is 143 Å². The molecule has 3 N–H and O–H groups in total. The van der Waals surface area contributed by atoms with Crippen LogP contribution < -0.4 is 16.0 Å². The SMILES string of the molecule is CCC(=O)Nc1cc(N(C)C)ccc1-c1cc([N+](=O)[O-])oc1C(N)=O. The van der Waals surface area contributed by atoms with E-state index < -0.39 is 16.7 Å². The van der Waals surface area contributed by atoms with Crippen LogP contribution in [-0.4, -0.2) is 30.8 Å². The van der Waals surface area contributed by atoms with Gasteiger partial charge in [-0.3, -0.25) is 19.7 Å². The van der Waals surface area contributed by atoms with Crippen molar-refractivity contribution < 1.29 is 18.9 Å². The first-order chi connectivity index (χ1) is 11.7. The maximum absolute atomic E-state index is 11.8. The quantitative estimate of drug-likeness (QED) is 0.609. The Bertz CT molecular complexity index is 841. The number of benzene rings is 1. The minimum absolute atomic E-state index is 0.149. The van der Waals surface area contributed by atoms with Crippen LogP contribution in [0.1, 0.15) is 23.9 Å². The molecule has 0 bridgehead atoms. The molecule has 25 heavy (non-hydrogen) atoms. The lowest BCUT2D eigenvalue weighted by Gasteiger charge is -2.17. The van der Waals surface area contributed by atoms with E-state index in [9.17, 15) is 19.7 Å². The third-order valence-electron chi connectivity index (χ3n) is 3.53. The summed E-state index contributed by atoms with van der Waals surface area (Å²) >= 11 is 0. The van der Waals surface area contributed by atoms with E-state index >= 15 is 0 Å². The van der Waals surface area contributed by atoms with Crippen molar-refractivity contribution in [3.05, 3.63) is 40.1 Å². The zero-order valence-electron chi connectivity index (χ0n) is 14.0. The number of amides is 2. The summed E-state index contributed by atoms with van der Waals surface area (Å²) in [5, 5.41) is 13.7. The topological polar surface area (TPSA) is 132 Å². The van der Waals surface area contributed by atoms with Crippen LogP contribution in [0.3, 0.4) is 0 Å². The standard InChI is InChI=1S/C16H18N4O5/c1-4-13(21)18-12-7-9(19(2)3)5-6-10(12)11-8-14(20(23)24)25-15(11)16(17)22/h5-8H,4H2,1-3H3,(H2,17,22)(H,18,21). The number of rotatable bonds is 6. The monoisotopic (exact) mass is 346 g/mol. The van der Waals surface area contributed by atoms with E-state index in [2.05, 4.69) is 5.32 Å². The number of primary amides is 1. The minimum Gasteiger partial charge on any atom is -0.395 e. The third-order valence-corrected chi connectivity index (χ3v) is 3.53. The van der Waals surface area contributed by atoms with Gasteiger partial charge in [0.15, 0.2) is 0 Å². The molecular formula is C16H18N4O5. The maximum Gasteiger partial charge on any atom is 0.434 e. The fourth-order valence-electron chi connectivity index (χ4n) is 2.24. The number of nitrogens with one attached hydrogen (secondary N) is 1. The molecule has 0 spiro atoms. The second-order valence-corrected chi connectivity index (χ2v) is 5.47. The second kappa shape index (κ2) is 7.04. The lowest BCUT2D eigenvalue weighted by molar-refractivity contribution is -0.402. The van der Waals surface area contributed by atoms with E-state index in [0.29, 0.717) is 11.3 Å². The largest absolute Gasteiger partial charge is 0.434 e. The van der Waals surface area contributed by atoms with Gasteiger partial charge in [0.1, 0.15) is 4.92 Å². The smallest absolute Gasteiger partial charge is 0.395 e. The number of carbonyl (C=O) groups excluding carboxylic acids is 2. The molecule has 132 valence electrons. The normalized spacial score (nSPS) is 10.4. The summed E-state index contributed by atoms with van der Waals surface area (Å²) in [5.41, 5.74) is 7.02. The van der Waals surface area contributed by atoms with Crippen LogP contribution in [0.25, 0.3) is 11.1 Å². The van der Waals surface area contributed by atoms with Gasteiger partial charge in [0.2, 0.25) is 11.7 Å². The van der Waals surface area contributed by atoms with Crippen molar-refractivity contribution in [3.63, 3.8) is 0 Å². The Balaban J connectivity index is 2.67. The fourth-order valence-corrected chi connectivity index (χ4v) is 2.24. The Morgan fingerprint density at radius 3 is 2.48 bits per heavy atom. The molecule has 0 unspecified atom stereocenters. The van der Waals surface area contributed by atoms with Gasteiger partial charge in [0, 0.05) is 37.3 Å². The molecule has 0 fully saturated rings. The van der Waals surface area contributed by atoms with Gasteiger partial charge in [-0.15, -0.1) is 0 Å². The van der Waals surface area contributed by atoms with E-state index in [1.54, 1.807) is 25.1 Å². The van der Waals surface area contributed by atoms with Gasteiger partial charge < -0.3 is 20.4 Å². The molecule has 9 heteroatoms. The Morgan fingerprint density at radius 2 is 1.96 bits per heavy atom. The highest BCUT2D eigenvalue weighted by atomic mass is 16.6. The first-order valence-corrected chi connectivity index (χ1v) is 7.44. The molecule has 1 heterocycles. The van der Waals surface area contributed by atoms with Gasteiger partial charge in [-0.25, -0.2) is 0 Å². The number of nitrogens with zero attached hydrogens (tertiary/aromatic N) is 2. The molecule has 2 rings (SSSR count). The molecule has 0 saturated carbocycles. The second-order valence-electron chi connectivity index (χ2n) is 5.47.